The van der Waals surface area contributed by atoms with Crippen LogP contribution in [-0.2, 0) is 0 Å². The lowest BCUT2D eigenvalue weighted by atomic mass is 10.2. The van der Waals surface area contributed by atoms with Gasteiger partial charge in [-0.2, -0.15) is 0 Å². The third kappa shape index (κ3) is 3.76. The normalized spacial score (nSPS) is 9.76. The summed E-state index contributed by atoms with van der Waals surface area (Å²) >= 11 is 9.17. The van der Waals surface area contributed by atoms with Gasteiger partial charge in [-0.15, -0.1) is 6.42 Å². The number of carbonyl (C=O) groups is 1. The molecule has 0 atom stereocenters. The maximum absolute atomic E-state index is 12.2. The second kappa shape index (κ2) is 6.68. The van der Waals surface area contributed by atoms with Crippen LogP contribution >= 0.6 is 27.5 Å². The van der Waals surface area contributed by atoms with Crippen molar-refractivity contribution < 1.29 is 4.79 Å². The van der Waals surface area contributed by atoms with E-state index < -0.39 is 0 Å². The van der Waals surface area contributed by atoms with E-state index in [1.54, 1.807) is 23.1 Å². The topological polar surface area (TPSA) is 20.3 Å². The summed E-state index contributed by atoms with van der Waals surface area (Å²) in [4.78, 5) is 13.9. The van der Waals surface area contributed by atoms with Crippen LogP contribution in [0.3, 0.4) is 0 Å². The van der Waals surface area contributed by atoms with E-state index in [-0.39, 0.29) is 5.91 Å². The molecule has 0 aliphatic carbocycles. The lowest BCUT2D eigenvalue weighted by molar-refractivity contribution is 0.0776. The fourth-order valence-electron chi connectivity index (χ4n) is 1.47. The lowest BCUT2D eigenvalue weighted by Gasteiger charge is -2.20. The Morgan fingerprint density at radius 1 is 1.59 bits per heavy atom. The first-order valence-corrected chi connectivity index (χ1v) is 6.45. The van der Waals surface area contributed by atoms with Crippen molar-refractivity contribution in [1.82, 2.24) is 4.90 Å². The Hall–Kier alpha value is -0.980. The van der Waals surface area contributed by atoms with Gasteiger partial charge in [-0.05, 0) is 40.5 Å². The fourth-order valence-corrected chi connectivity index (χ4v) is 2.32. The zero-order valence-electron chi connectivity index (χ0n) is 9.54. The maximum atomic E-state index is 12.2. The molecule has 0 aliphatic heterocycles. The summed E-state index contributed by atoms with van der Waals surface area (Å²) in [6.45, 7) is 2.98. The number of halogens is 2. The lowest BCUT2D eigenvalue weighted by Crippen LogP contribution is -2.32. The molecule has 0 saturated heterocycles. The van der Waals surface area contributed by atoms with Crippen LogP contribution in [0.2, 0.25) is 5.02 Å². The van der Waals surface area contributed by atoms with Crippen molar-refractivity contribution in [2.45, 2.75) is 13.3 Å². The van der Waals surface area contributed by atoms with Gasteiger partial charge in [-0.25, -0.2) is 0 Å². The number of hydrogen-bond donors (Lipinski definition) is 0. The average molecular weight is 315 g/mol. The molecule has 0 aromatic heterocycles. The van der Waals surface area contributed by atoms with E-state index in [9.17, 15) is 4.79 Å². The van der Waals surface area contributed by atoms with E-state index >= 15 is 0 Å². The Labute approximate surface area is 115 Å². The second-order valence-electron chi connectivity index (χ2n) is 3.56. The first kappa shape index (κ1) is 14.1. The summed E-state index contributed by atoms with van der Waals surface area (Å²) in [5, 5.41) is 0.590. The molecule has 0 bridgehead atoms. The monoisotopic (exact) mass is 313 g/mol. The summed E-state index contributed by atoms with van der Waals surface area (Å²) in [6.07, 6.45) is 6.13. The first-order valence-electron chi connectivity index (χ1n) is 5.28. The molecule has 2 nitrogen and oxygen atoms in total. The van der Waals surface area contributed by atoms with Crippen LogP contribution in [-0.4, -0.2) is 23.9 Å². The molecule has 0 saturated carbocycles. The summed E-state index contributed by atoms with van der Waals surface area (Å²) < 4.78 is 0.688. The fraction of sp³-hybridized carbons (Fsp3) is 0.308. The van der Waals surface area contributed by atoms with Crippen LogP contribution in [0.5, 0.6) is 0 Å². The largest absolute Gasteiger partial charge is 0.327 e. The van der Waals surface area contributed by atoms with Gasteiger partial charge in [0.2, 0.25) is 0 Å². The molecule has 0 radical (unpaired) electrons. The molecule has 0 heterocycles. The number of carbonyl (C=O) groups excluding carboxylic acids is 1. The molecule has 0 aliphatic rings. The van der Waals surface area contributed by atoms with Gasteiger partial charge in [0.15, 0.2) is 0 Å². The van der Waals surface area contributed by atoms with E-state index in [0.29, 0.717) is 28.1 Å². The third-order valence-electron chi connectivity index (χ3n) is 2.22. The Balaban J connectivity index is 2.97. The molecule has 1 aromatic carbocycles. The van der Waals surface area contributed by atoms with Crippen molar-refractivity contribution in [2.75, 3.05) is 13.1 Å². The standard InChI is InChI=1S/C13H13BrClNO/c1-3-7-16(8-4-2)13(17)11-6-5-10(15)9-12(11)14/h1,5-6,9H,4,7-8H2,2H3. The number of rotatable bonds is 4. The van der Waals surface area contributed by atoms with Gasteiger partial charge in [-0.1, -0.05) is 24.4 Å². The predicted octanol–water partition coefficient (Wildman–Crippen LogP) is 3.59. The quantitative estimate of drug-likeness (QED) is 0.778. The minimum atomic E-state index is -0.0756. The molecule has 4 heteroatoms. The van der Waals surface area contributed by atoms with Gasteiger partial charge in [0.1, 0.15) is 0 Å². The summed E-state index contributed by atoms with van der Waals surface area (Å²) in [7, 11) is 0. The zero-order valence-corrected chi connectivity index (χ0v) is 11.9. The predicted molar refractivity (Wildman–Crippen MR) is 74.2 cm³/mol. The van der Waals surface area contributed by atoms with Crippen LogP contribution < -0.4 is 0 Å². The van der Waals surface area contributed by atoms with Crippen molar-refractivity contribution in [3.8, 4) is 12.3 Å². The zero-order chi connectivity index (χ0) is 12.8. The van der Waals surface area contributed by atoms with Crippen molar-refractivity contribution >= 4 is 33.4 Å². The molecule has 0 fully saturated rings. The summed E-state index contributed by atoms with van der Waals surface area (Å²) in [5.74, 6) is 2.42. The third-order valence-corrected chi connectivity index (χ3v) is 3.12. The van der Waals surface area contributed by atoms with Gasteiger partial charge >= 0.3 is 0 Å². The first-order chi connectivity index (χ1) is 8.10. The highest BCUT2D eigenvalue weighted by Crippen LogP contribution is 2.22. The van der Waals surface area contributed by atoms with Crippen LogP contribution in [0.15, 0.2) is 22.7 Å². The van der Waals surface area contributed by atoms with Crippen molar-refractivity contribution in [1.29, 1.82) is 0 Å². The van der Waals surface area contributed by atoms with Gasteiger partial charge in [0.25, 0.3) is 5.91 Å². The van der Waals surface area contributed by atoms with Crippen molar-refractivity contribution in [3.63, 3.8) is 0 Å². The summed E-state index contributed by atoms with van der Waals surface area (Å²) in [5.41, 5.74) is 0.582. The van der Waals surface area contributed by atoms with Crippen LogP contribution in [0, 0.1) is 12.3 Å². The van der Waals surface area contributed by atoms with Crippen LogP contribution in [0.4, 0.5) is 0 Å². The van der Waals surface area contributed by atoms with Gasteiger partial charge in [0.05, 0.1) is 12.1 Å². The summed E-state index contributed by atoms with van der Waals surface area (Å²) in [6, 6.07) is 5.10. The Morgan fingerprint density at radius 2 is 2.29 bits per heavy atom. The highest BCUT2D eigenvalue weighted by Gasteiger charge is 2.16. The average Bonchev–Trinajstić information content (AvgIpc) is 2.28. The molecule has 0 unspecified atom stereocenters. The molecular formula is C13H13BrClNO. The molecule has 90 valence electrons. The molecule has 0 N–H and O–H groups in total. The highest BCUT2D eigenvalue weighted by molar-refractivity contribution is 9.10. The van der Waals surface area contributed by atoms with Crippen molar-refractivity contribution in [3.05, 3.63) is 33.3 Å². The number of hydrogen-bond acceptors (Lipinski definition) is 1. The van der Waals surface area contributed by atoms with Gasteiger partial charge in [-0.3, -0.25) is 4.79 Å². The highest BCUT2D eigenvalue weighted by atomic mass is 79.9. The van der Waals surface area contributed by atoms with Gasteiger partial charge < -0.3 is 4.90 Å². The molecule has 0 spiro atoms. The minimum Gasteiger partial charge on any atom is -0.327 e. The van der Waals surface area contributed by atoms with E-state index in [1.165, 1.54) is 0 Å². The molecule has 17 heavy (non-hydrogen) atoms. The number of amides is 1. The van der Waals surface area contributed by atoms with E-state index in [4.69, 9.17) is 18.0 Å². The molecule has 1 rings (SSSR count). The molecule has 1 aromatic rings. The Bertz CT molecular complexity index is 453. The SMILES string of the molecule is C#CCN(CCC)C(=O)c1ccc(Cl)cc1Br. The number of benzene rings is 1. The molecule has 1 amide bonds. The van der Waals surface area contributed by atoms with Crippen LogP contribution in [0.1, 0.15) is 23.7 Å². The van der Waals surface area contributed by atoms with Crippen molar-refractivity contribution in [2.24, 2.45) is 0 Å². The van der Waals surface area contributed by atoms with E-state index in [2.05, 4.69) is 21.9 Å². The number of terminal acetylenes is 1. The van der Waals surface area contributed by atoms with Crippen LogP contribution in [0.25, 0.3) is 0 Å². The van der Waals surface area contributed by atoms with E-state index in [0.717, 1.165) is 6.42 Å². The van der Waals surface area contributed by atoms with Gasteiger partial charge in [0, 0.05) is 16.0 Å². The molecular weight excluding hydrogens is 302 g/mol. The Morgan fingerprint density at radius 3 is 2.82 bits per heavy atom. The smallest absolute Gasteiger partial charge is 0.255 e. The van der Waals surface area contributed by atoms with E-state index in [1.807, 2.05) is 6.92 Å². The second-order valence-corrected chi connectivity index (χ2v) is 4.85. The number of nitrogens with zero attached hydrogens (tertiary/aromatic N) is 1. The minimum absolute atomic E-state index is 0.0756. The Kier molecular flexibility index (Phi) is 5.54. The maximum Gasteiger partial charge on any atom is 0.255 e.